The summed E-state index contributed by atoms with van der Waals surface area (Å²) in [6.45, 7) is 8.99. The molecule has 0 bridgehead atoms. The number of unbranched alkanes of at least 4 members (excludes halogenated alkanes) is 1. The van der Waals surface area contributed by atoms with Gasteiger partial charge >= 0.3 is 0 Å². The summed E-state index contributed by atoms with van der Waals surface area (Å²) in [5, 5.41) is 0. The molecule has 1 saturated carbocycles. The van der Waals surface area contributed by atoms with Crippen molar-refractivity contribution < 1.29 is 13.2 Å². The highest BCUT2D eigenvalue weighted by Gasteiger charge is 2.32. The van der Waals surface area contributed by atoms with Crippen LogP contribution in [-0.4, -0.2) is 32.4 Å². The van der Waals surface area contributed by atoms with Gasteiger partial charge in [-0.05, 0) is 83.1 Å². The highest BCUT2D eigenvalue weighted by atomic mass is 32.2. The van der Waals surface area contributed by atoms with Gasteiger partial charge in [0.1, 0.15) is 5.75 Å². The quantitative estimate of drug-likeness (QED) is 0.400. The van der Waals surface area contributed by atoms with Gasteiger partial charge in [-0.2, -0.15) is 0 Å². The Balaban J connectivity index is 1.66. The van der Waals surface area contributed by atoms with E-state index in [9.17, 15) is 8.42 Å². The van der Waals surface area contributed by atoms with Gasteiger partial charge in [0, 0.05) is 18.3 Å². The Morgan fingerprint density at radius 1 is 1.07 bits per heavy atom. The van der Waals surface area contributed by atoms with Crippen molar-refractivity contribution in [1.29, 1.82) is 0 Å². The fourth-order valence-electron chi connectivity index (χ4n) is 3.15. The van der Waals surface area contributed by atoms with Crippen LogP contribution in [0.5, 0.6) is 5.75 Å². The van der Waals surface area contributed by atoms with Crippen molar-refractivity contribution in [2.24, 2.45) is 5.92 Å². The number of ether oxygens (including phenoxy) is 1. The first-order valence-electron chi connectivity index (χ1n) is 10.4. The van der Waals surface area contributed by atoms with E-state index in [4.69, 9.17) is 4.74 Å². The topological polar surface area (TPSA) is 79.5 Å². The summed E-state index contributed by atoms with van der Waals surface area (Å²) < 4.78 is 32.4. The summed E-state index contributed by atoms with van der Waals surface area (Å²) >= 11 is 0. The Morgan fingerprint density at radius 2 is 1.71 bits per heavy atom. The van der Waals surface area contributed by atoms with Crippen LogP contribution >= 0.6 is 0 Å². The fourth-order valence-corrected chi connectivity index (χ4v) is 4.17. The molecular formula is C21H37N3O3S. The van der Waals surface area contributed by atoms with Gasteiger partial charge in [-0.25, -0.2) is 18.6 Å². The minimum absolute atomic E-state index is 0.0636. The summed E-state index contributed by atoms with van der Waals surface area (Å²) in [6.07, 6.45) is 6.04. The Morgan fingerprint density at radius 3 is 2.29 bits per heavy atom. The average Bonchev–Trinajstić information content (AvgIpc) is 2.63. The maximum absolute atomic E-state index is 12.3. The van der Waals surface area contributed by atoms with Crippen LogP contribution < -0.4 is 20.3 Å². The summed E-state index contributed by atoms with van der Waals surface area (Å²) in [6, 6.07) is 8.03. The number of hydrazine groups is 1. The lowest BCUT2D eigenvalue weighted by Gasteiger charge is -2.31. The number of nitrogens with one attached hydrogen (secondary N) is 3. The second-order valence-electron chi connectivity index (χ2n) is 8.68. The van der Waals surface area contributed by atoms with E-state index in [1.54, 1.807) is 20.8 Å². The minimum atomic E-state index is -3.27. The molecule has 6 nitrogen and oxygen atoms in total. The first kappa shape index (κ1) is 23.0. The number of hydrogen-bond acceptors (Lipinski definition) is 5. The van der Waals surface area contributed by atoms with Crippen LogP contribution in [0, 0.1) is 5.92 Å². The SMILES string of the molecule is CCCCOc1ccc(NNCC2CCC(NS(=O)(=O)C(C)(C)C)CC2)cc1. The summed E-state index contributed by atoms with van der Waals surface area (Å²) in [5.74, 6) is 1.45. The zero-order valence-corrected chi connectivity index (χ0v) is 18.6. The van der Waals surface area contributed by atoms with E-state index in [-0.39, 0.29) is 6.04 Å². The van der Waals surface area contributed by atoms with E-state index in [1.165, 1.54) is 0 Å². The van der Waals surface area contributed by atoms with Crippen LogP contribution in [0.15, 0.2) is 24.3 Å². The summed E-state index contributed by atoms with van der Waals surface area (Å²) in [5.41, 5.74) is 7.55. The third-order valence-corrected chi connectivity index (χ3v) is 7.48. The number of sulfonamides is 1. The highest BCUT2D eigenvalue weighted by Crippen LogP contribution is 2.26. The molecule has 0 spiro atoms. The molecular weight excluding hydrogens is 374 g/mol. The van der Waals surface area contributed by atoms with Gasteiger partial charge in [0.05, 0.1) is 11.4 Å². The second-order valence-corrected chi connectivity index (χ2v) is 11.2. The van der Waals surface area contributed by atoms with Gasteiger partial charge in [0.15, 0.2) is 0 Å². The molecule has 0 unspecified atom stereocenters. The Bertz CT molecular complexity index is 676. The molecule has 7 heteroatoms. The first-order valence-corrected chi connectivity index (χ1v) is 11.9. The van der Waals surface area contributed by atoms with Crippen molar-refractivity contribution in [3.05, 3.63) is 24.3 Å². The van der Waals surface area contributed by atoms with Crippen LogP contribution in [0.4, 0.5) is 5.69 Å². The standard InChI is InChI=1S/C21H37N3O3S/c1-5-6-15-27-20-13-11-18(12-14-20)23-22-16-17-7-9-19(10-8-17)24-28(25,26)21(2,3)4/h11-14,17,19,22-24H,5-10,15-16H2,1-4H3. The van der Waals surface area contributed by atoms with Crippen molar-refractivity contribution in [3.63, 3.8) is 0 Å². The largest absolute Gasteiger partial charge is 0.494 e. The smallest absolute Gasteiger partial charge is 0.216 e. The first-order chi connectivity index (χ1) is 13.2. The Labute approximate surface area is 170 Å². The molecule has 0 amide bonds. The maximum atomic E-state index is 12.3. The molecule has 28 heavy (non-hydrogen) atoms. The maximum Gasteiger partial charge on any atom is 0.216 e. The second kappa shape index (κ2) is 10.5. The molecule has 0 heterocycles. The van der Waals surface area contributed by atoms with Gasteiger partial charge in [-0.3, -0.25) is 0 Å². The Hall–Kier alpha value is -1.31. The minimum Gasteiger partial charge on any atom is -0.494 e. The third-order valence-electron chi connectivity index (χ3n) is 5.22. The molecule has 0 radical (unpaired) electrons. The normalized spacial score (nSPS) is 20.7. The van der Waals surface area contributed by atoms with Crippen LogP contribution in [0.25, 0.3) is 0 Å². The van der Waals surface area contributed by atoms with Gasteiger partial charge in [0.2, 0.25) is 10.0 Å². The molecule has 1 fully saturated rings. The average molecular weight is 412 g/mol. The lowest BCUT2D eigenvalue weighted by atomic mass is 9.86. The number of rotatable bonds is 10. The lowest BCUT2D eigenvalue weighted by molar-refractivity contribution is 0.306. The van der Waals surface area contributed by atoms with E-state index in [0.717, 1.165) is 63.1 Å². The highest BCUT2D eigenvalue weighted by molar-refractivity contribution is 7.90. The van der Waals surface area contributed by atoms with E-state index >= 15 is 0 Å². The predicted octanol–water partition coefficient (Wildman–Crippen LogP) is 4.06. The van der Waals surface area contributed by atoms with Crippen LogP contribution in [0.3, 0.4) is 0 Å². The van der Waals surface area contributed by atoms with Gasteiger partial charge < -0.3 is 10.2 Å². The van der Waals surface area contributed by atoms with E-state index in [2.05, 4.69) is 22.5 Å². The zero-order chi connectivity index (χ0) is 20.6. The Kier molecular flexibility index (Phi) is 8.58. The molecule has 2 rings (SSSR count). The molecule has 1 aromatic carbocycles. The molecule has 1 aliphatic rings. The van der Waals surface area contributed by atoms with Crippen LogP contribution in [0.2, 0.25) is 0 Å². The van der Waals surface area contributed by atoms with E-state index in [0.29, 0.717) is 5.92 Å². The predicted molar refractivity (Wildman–Crippen MR) is 116 cm³/mol. The van der Waals surface area contributed by atoms with Crippen molar-refractivity contribution in [2.45, 2.75) is 77.0 Å². The fraction of sp³-hybridized carbons (Fsp3) is 0.714. The molecule has 1 aliphatic carbocycles. The molecule has 0 aromatic heterocycles. The van der Waals surface area contributed by atoms with Gasteiger partial charge in [0.25, 0.3) is 0 Å². The van der Waals surface area contributed by atoms with Crippen molar-refractivity contribution in [1.82, 2.24) is 10.1 Å². The number of benzene rings is 1. The van der Waals surface area contributed by atoms with Crippen molar-refractivity contribution in [2.75, 3.05) is 18.6 Å². The molecule has 160 valence electrons. The molecule has 0 aliphatic heterocycles. The van der Waals surface area contributed by atoms with E-state index in [1.807, 2.05) is 24.3 Å². The van der Waals surface area contributed by atoms with Gasteiger partial charge in [-0.1, -0.05) is 13.3 Å². The van der Waals surface area contributed by atoms with Crippen molar-refractivity contribution in [3.8, 4) is 5.75 Å². The summed E-state index contributed by atoms with van der Waals surface area (Å²) in [7, 11) is -3.27. The molecule has 3 N–H and O–H groups in total. The molecule has 1 aromatic rings. The number of anilines is 1. The molecule has 0 saturated heterocycles. The van der Waals surface area contributed by atoms with E-state index < -0.39 is 14.8 Å². The molecule has 0 atom stereocenters. The van der Waals surface area contributed by atoms with Crippen LogP contribution in [-0.2, 0) is 10.0 Å². The van der Waals surface area contributed by atoms with Crippen molar-refractivity contribution >= 4 is 15.7 Å². The summed E-state index contributed by atoms with van der Waals surface area (Å²) in [4.78, 5) is 0. The lowest BCUT2D eigenvalue weighted by Crippen LogP contribution is -2.46. The zero-order valence-electron chi connectivity index (χ0n) is 17.8. The number of hydrogen-bond donors (Lipinski definition) is 3. The van der Waals surface area contributed by atoms with Crippen LogP contribution in [0.1, 0.15) is 66.2 Å². The third kappa shape index (κ3) is 7.26. The monoisotopic (exact) mass is 411 g/mol. The van der Waals surface area contributed by atoms with Gasteiger partial charge in [-0.15, -0.1) is 0 Å².